The Morgan fingerprint density at radius 3 is 2.87 bits per heavy atom. The molecule has 0 heterocycles. The van der Waals surface area contributed by atoms with Crippen molar-refractivity contribution in [3.63, 3.8) is 0 Å². The molecule has 0 aliphatic rings. The van der Waals surface area contributed by atoms with E-state index < -0.39 is 0 Å². The SMILES string of the molecule is Cc1cccc(NC(=O)NCC#N)c1C. The van der Waals surface area contributed by atoms with Crippen molar-refractivity contribution in [3.05, 3.63) is 29.3 Å². The van der Waals surface area contributed by atoms with Crippen LogP contribution in [0.4, 0.5) is 10.5 Å². The molecule has 0 fully saturated rings. The van der Waals surface area contributed by atoms with E-state index in [0.29, 0.717) is 0 Å². The van der Waals surface area contributed by atoms with Gasteiger partial charge in [-0.2, -0.15) is 5.26 Å². The molecule has 0 aliphatic carbocycles. The van der Waals surface area contributed by atoms with E-state index in [1.807, 2.05) is 38.1 Å². The van der Waals surface area contributed by atoms with Crippen molar-refractivity contribution in [1.82, 2.24) is 5.32 Å². The van der Waals surface area contributed by atoms with Crippen LogP contribution < -0.4 is 10.6 Å². The van der Waals surface area contributed by atoms with Gasteiger partial charge in [-0.15, -0.1) is 0 Å². The van der Waals surface area contributed by atoms with Gasteiger partial charge in [-0.05, 0) is 31.0 Å². The number of anilines is 1. The maximum Gasteiger partial charge on any atom is 0.320 e. The molecular formula is C11H13N3O. The summed E-state index contributed by atoms with van der Waals surface area (Å²) in [5, 5.41) is 13.4. The lowest BCUT2D eigenvalue weighted by atomic mass is 10.1. The van der Waals surface area contributed by atoms with Gasteiger partial charge in [-0.3, -0.25) is 0 Å². The minimum atomic E-state index is -0.356. The summed E-state index contributed by atoms with van der Waals surface area (Å²) in [6.07, 6.45) is 0. The van der Waals surface area contributed by atoms with Gasteiger partial charge in [-0.25, -0.2) is 4.79 Å². The Hall–Kier alpha value is -2.02. The quantitative estimate of drug-likeness (QED) is 0.721. The Labute approximate surface area is 88.9 Å². The summed E-state index contributed by atoms with van der Waals surface area (Å²) < 4.78 is 0. The molecule has 0 saturated carbocycles. The van der Waals surface area contributed by atoms with Gasteiger partial charge in [0.15, 0.2) is 0 Å². The fraction of sp³-hybridized carbons (Fsp3) is 0.273. The van der Waals surface area contributed by atoms with Crippen LogP contribution in [0.1, 0.15) is 11.1 Å². The first-order valence-corrected chi connectivity index (χ1v) is 4.63. The van der Waals surface area contributed by atoms with E-state index in [-0.39, 0.29) is 12.6 Å². The van der Waals surface area contributed by atoms with Gasteiger partial charge >= 0.3 is 6.03 Å². The number of nitrogens with zero attached hydrogens (tertiary/aromatic N) is 1. The molecule has 0 aliphatic heterocycles. The smallest absolute Gasteiger partial charge is 0.320 e. The molecule has 1 rings (SSSR count). The molecule has 1 aromatic carbocycles. The highest BCUT2D eigenvalue weighted by atomic mass is 16.2. The van der Waals surface area contributed by atoms with Crippen molar-refractivity contribution in [2.24, 2.45) is 0 Å². The molecule has 0 unspecified atom stereocenters. The molecule has 2 N–H and O–H groups in total. The molecule has 4 nitrogen and oxygen atoms in total. The van der Waals surface area contributed by atoms with E-state index in [9.17, 15) is 4.79 Å². The van der Waals surface area contributed by atoms with Crippen LogP contribution in [0.15, 0.2) is 18.2 Å². The average Bonchev–Trinajstić information content (AvgIpc) is 2.22. The monoisotopic (exact) mass is 203 g/mol. The van der Waals surface area contributed by atoms with Gasteiger partial charge in [0.05, 0.1) is 6.07 Å². The van der Waals surface area contributed by atoms with Crippen LogP contribution in [-0.4, -0.2) is 12.6 Å². The van der Waals surface area contributed by atoms with Gasteiger partial charge < -0.3 is 10.6 Å². The highest BCUT2D eigenvalue weighted by Gasteiger charge is 2.04. The van der Waals surface area contributed by atoms with Crippen molar-refractivity contribution < 1.29 is 4.79 Å². The van der Waals surface area contributed by atoms with E-state index >= 15 is 0 Å². The minimum absolute atomic E-state index is 0.0106. The van der Waals surface area contributed by atoms with Crippen LogP contribution in [-0.2, 0) is 0 Å². The Morgan fingerprint density at radius 2 is 2.20 bits per heavy atom. The molecule has 2 amide bonds. The number of aryl methyl sites for hydroxylation is 1. The first kappa shape index (κ1) is 11.1. The van der Waals surface area contributed by atoms with Crippen LogP contribution in [0.3, 0.4) is 0 Å². The van der Waals surface area contributed by atoms with Crippen LogP contribution in [0.5, 0.6) is 0 Å². The maximum absolute atomic E-state index is 11.3. The van der Waals surface area contributed by atoms with Gasteiger partial charge in [0, 0.05) is 5.69 Å². The average molecular weight is 203 g/mol. The number of hydrogen-bond acceptors (Lipinski definition) is 2. The number of rotatable bonds is 2. The van der Waals surface area contributed by atoms with Crippen molar-refractivity contribution >= 4 is 11.7 Å². The zero-order chi connectivity index (χ0) is 11.3. The van der Waals surface area contributed by atoms with Crippen molar-refractivity contribution in [2.75, 3.05) is 11.9 Å². The molecular weight excluding hydrogens is 190 g/mol. The third-order valence-corrected chi connectivity index (χ3v) is 2.18. The van der Waals surface area contributed by atoms with E-state index in [1.165, 1.54) is 0 Å². The summed E-state index contributed by atoms with van der Waals surface area (Å²) in [4.78, 5) is 11.3. The van der Waals surface area contributed by atoms with Crippen LogP contribution in [0, 0.1) is 25.2 Å². The van der Waals surface area contributed by atoms with Crippen molar-refractivity contribution in [3.8, 4) is 6.07 Å². The predicted molar refractivity (Wildman–Crippen MR) is 58.6 cm³/mol. The predicted octanol–water partition coefficient (Wildman–Crippen LogP) is 1.95. The number of hydrogen-bond donors (Lipinski definition) is 2. The van der Waals surface area contributed by atoms with Crippen molar-refractivity contribution in [2.45, 2.75) is 13.8 Å². The second kappa shape index (κ2) is 5.01. The molecule has 0 bridgehead atoms. The molecule has 15 heavy (non-hydrogen) atoms. The lowest BCUT2D eigenvalue weighted by molar-refractivity contribution is 0.253. The van der Waals surface area contributed by atoms with Crippen LogP contribution in [0.25, 0.3) is 0 Å². The summed E-state index contributed by atoms with van der Waals surface area (Å²) in [6.45, 7) is 3.93. The second-order valence-corrected chi connectivity index (χ2v) is 3.21. The summed E-state index contributed by atoms with van der Waals surface area (Å²) in [6, 6.07) is 7.17. The Balaban J connectivity index is 2.69. The zero-order valence-corrected chi connectivity index (χ0v) is 8.79. The largest absolute Gasteiger partial charge is 0.325 e. The highest BCUT2D eigenvalue weighted by molar-refractivity contribution is 5.90. The maximum atomic E-state index is 11.3. The normalized spacial score (nSPS) is 9.13. The third-order valence-electron chi connectivity index (χ3n) is 2.18. The Kier molecular flexibility index (Phi) is 3.69. The summed E-state index contributed by atoms with van der Waals surface area (Å²) in [5.74, 6) is 0. The first-order valence-electron chi connectivity index (χ1n) is 4.63. The number of urea groups is 1. The van der Waals surface area contributed by atoms with E-state index in [0.717, 1.165) is 16.8 Å². The molecule has 0 aromatic heterocycles. The minimum Gasteiger partial charge on any atom is -0.325 e. The van der Waals surface area contributed by atoms with E-state index in [1.54, 1.807) is 0 Å². The number of carbonyl (C=O) groups excluding carboxylic acids is 1. The molecule has 4 heteroatoms. The summed E-state index contributed by atoms with van der Waals surface area (Å²) >= 11 is 0. The molecule has 78 valence electrons. The Bertz CT molecular complexity index is 407. The Morgan fingerprint density at radius 1 is 1.47 bits per heavy atom. The zero-order valence-electron chi connectivity index (χ0n) is 8.79. The lowest BCUT2D eigenvalue weighted by Gasteiger charge is -2.09. The van der Waals surface area contributed by atoms with Crippen LogP contribution >= 0.6 is 0 Å². The van der Waals surface area contributed by atoms with E-state index in [4.69, 9.17) is 5.26 Å². The number of benzene rings is 1. The third kappa shape index (κ3) is 2.99. The second-order valence-electron chi connectivity index (χ2n) is 3.21. The molecule has 0 spiro atoms. The molecule has 1 aromatic rings. The standard InChI is InChI=1S/C11H13N3O/c1-8-4-3-5-10(9(8)2)14-11(15)13-7-6-12/h3-5H,7H2,1-2H3,(H2,13,14,15). The van der Waals surface area contributed by atoms with E-state index in [2.05, 4.69) is 10.6 Å². The highest BCUT2D eigenvalue weighted by Crippen LogP contribution is 2.17. The first-order chi connectivity index (χ1) is 7.15. The van der Waals surface area contributed by atoms with Gasteiger partial charge in [0.1, 0.15) is 6.54 Å². The molecule has 0 radical (unpaired) electrons. The number of nitrogens with one attached hydrogen (secondary N) is 2. The number of nitriles is 1. The summed E-state index contributed by atoms with van der Waals surface area (Å²) in [5.41, 5.74) is 2.92. The van der Waals surface area contributed by atoms with Gasteiger partial charge in [0.2, 0.25) is 0 Å². The fourth-order valence-electron chi connectivity index (χ4n) is 1.17. The summed E-state index contributed by atoms with van der Waals surface area (Å²) in [7, 11) is 0. The lowest BCUT2D eigenvalue weighted by Crippen LogP contribution is -2.29. The van der Waals surface area contributed by atoms with Crippen molar-refractivity contribution in [1.29, 1.82) is 5.26 Å². The number of amides is 2. The molecule has 0 atom stereocenters. The topological polar surface area (TPSA) is 64.9 Å². The van der Waals surface area contributed by atoms with Crippen LogP contribution in [0.2, 0.25) is 0 Å². The number of carbonyl (C=O) groups is 1. The van der Waals surface area contributed by atoms with Gasteiger partial charge in [-0.1, -0.05) is 12.1 Å². The fourth-order valence-corrected chi connectivity index (χ4v) is 1.17. The molecule has 0 saturated heterocycles. The van der Waals surface area contributed by atoms with Gasteiger partial charge in [0.25, 0.3) is 0 Å².